The van der Waals surface area contributed by atoms with Crippen LogP contribution in [0.15, 0.2) is 221 Å². The number of hydrogen-bond donors (Lipinski definition) is 0. The van der Waals surface area contributed by atoms with E-state index in [1.165, 1.54) is 33.4 Å². The lowest BCUT2D eigenvalue weighted by Crippen LogP contribution is -2.09. The van der Waals surface area contributed by atoms with Crippen molar-refractivity contribution in [3.63, 3.8) is 0 Å². The number of rotatable bonds is 7. The molecule has 3 heteroatoms. The van der Waals surface area contributed by atoms with Crippen LogP contribution < -0.4 is 4.90 Å². The molecule has 9 aromatic carbocycles. The van der Waals surface area contributed by atoms with Gasteiger partial charge in [-0.25, -0.2) is 0 Å². The van der Waals surface area contributed by atoms with Gasteiger partial charge in [-0.05, 0) is 93.5 Å². The Morgan fingerprint density at radius 3 is 1.14 bits per heavy atom. The molecule has 2 aromatic heterocycles. The molecule has 3 nitrogen and oxygen atoms in total. The van der Waals surface area contributed by atoms with E-state index in [2.05, 4.69) is 193 Å². The van der Waals surface area contributed by atoms with E-state index in [1.54, 1.807) is 0 Å². The first-order chi connectivity index (χ1) is 28.2. The minimum Gasteiger partial charge on any atom is -0.456 e. The third kappa shape index (κ3) is 5.76. The molecule has 0 unspecified atom stereocenters. The Hall–Kier alpha value is -7.62. The van der Waals surface area contributed by atoms with Gasteiger partial charge in [-0.2, -0.15) is 0 Å². The average Bonchev–Trinajstić information content (AvgIpc) is 3.86. The van der Waals surface area contributed by atoms with Gasteiger partial charge in [-0.1, -0.05) is 158 Å². The smallest absolute Gasteiger partial charge is 0.144 e. The molecule has 0 aliphatic carbocycles. The van der Waals surface area contributed by atoms with Crippen LogP contribution in [0.5, 0.6) is 0 Å². The van der Waals surface area contributed by atoms with Crippen LogP contribution in [0.3, 0.4) is 0 Å². The first-order valence-corrected chi connectivity index (χ1v) is 19.3. The number of anilines is 3. The van der Waals surface area contributed by atoms with Gasteiger partial charge >= 0.3 is 0 Å². The normalized spacial score (nSPS) is 11.5. The van der Waals surface area contributed by atoms with Crippen molar-refractivity contribution in [3.05, 3.63) is 212 Å². The second kappa shape index (κ2) is 13.6. The molecule has 0 N–H and O–H groups in total. The number of nitrogens with zero attached hydrogens (tertiary/aromatic N) is 1. The molecule has 2 heterocycles. The lowest BCUT2D eigenvalue weighted by Gasteiger charge is -2.26. The van der Waals surface area contributed by atoms with Gasteiger partial charge in [0.1, 0.15) is 22.3 Å². The van der Waals surface area contributed by atoms with Crippen molar-refractivity contribution >= 4 is 60.9 Å². The van der Waals surface area contributed by atoms with E-state index in [1.807, 2.05) is 24.3 Å². The molecule has 0 bridgehead atoms. The molecule has 0 spiro atoms. The van der Waals surface area contributed by atoms with Crippen molar-refractivity contribution in [2.75, 3.05) is 4.90 Å². The van der Waals surface area contributed by atoms with E-state index in [-0.39, 0.29) is 0 Å². The molecule has 0 amide bonds. The summed E-state index contributed by atoms with van der Waals surface area (Å²) in [5, 5.41) is 4.35. The average molecular weight is 730 g/mol. The topological polar surface area (TPSA) is 29.5 Å². The summed E-state index contributed by atoms with van der Waals surface area (Å²) in [6, 6.07) is 75.0. The lowest BCUT2D eigenvalue weighted by atomic mass is 9.98. The molecule has 11 rings (SSSR count). The van der Waals surface area contributed by atoms with Gasteiger partial charge in [0.2, 0.25) is 0 Å². The van der Waals surface area contributed by atoms with Crippen LogP contribution in [0.1, 0.15) is 0 Å². The summed E-state index contributed by atoms with van der Waals surface area (Å²) >= 11 is 0. The van der Waals surface area contributed by atoms with E-state index in [4.69, 9.17) is 8.83 Å². The maximum absolute atomic E-state index is 6.65. The zero-order valence-corrected chi connectivity index (χ0v) is 31.0. The molecule has 268 valence electrons. The third-order valence-corrected chi connectivity index (χ3v) is 11.1. The summed E-state index contributed by atoms with van der Waals surface area (Å²) in [5.74, 6) is 0. The Balaban J connectivity index is 0.998. The Labute approximate surface area is 330 Å². The Morgan fingerprint density at radius 1 is 0.281 bits per heavy atom. The first-order valence-electron chi connectivity index (χ1n) is 19.3. The van der Waals surface area contributed by atoms with Gasteiger partial charge < -0.3 is 13.7 Å². The van der Waals surface area contributed by atoms with Crippen molar-refractivity contribution in [2.45, 2.75) is 0 Å². The van der Waals surface area contributed by atoms with Crippen LogP contribution in [0.25, 0.3) is 88.4 Å². The maximum atomic E-state index is 6.65. The van der Waals surface area contributed by atoms with E-state index >= 15 is 0 Å². The fourth-order valence-corrected chi connectivity index (χ4v) is 8.28. The lowest BCUT2D eigenvalue weighted by molar-refractivity contribution is 0.664. The minimum absolute atomic E-state index is 0.851. The molecule has 0 saturated heterocycles. The monoisotopic (exact) mass is 729 g/mol. The number of fused-ring (bicyclic) bond motifs is 7. The summed E-state index contributed by atoms with van der Waals surface area (Å²) in [7, 11) is 0. The molecule has 0 atom stereocenters. The van der Waals surface area contributed by atoms with Gasteiger partial charge in [0.15, 0.2) is 0 Å². The molecule has 0 aliphatic heterocycles. The highest BCUT2D eigenvalue weighted by molar-refractivity contribution is 6.28. The van der Waals surface area contributed by atoms with Gasteiger partial charge in [0.25, 0.3) is 0 Å². The number of para-hydroxylation sites is 2. The van der Waals surface area contributed by atoms with E-state index in [9.17, 15) is 0 Å². The zero-order chi connectivity index (χ0) is 37.7. The van der Waals surface area contributed by atoms with Gasteiger partial charge in [0, 0.05) is 44.2 Å². The van der Waals surface area contributed by atoms with Crippen LogP contribution in [0.2, 0.25) is 0 Å². The van der Waals surface area contributed by atoms with Crippen molar-refractivity contribution in [2.24, 2.45) is 0 Å². The Kier molecular flexibility index (Phi) is 7.82. The highest BCUT2D eigenvalue weighted by Gasteiger charge is 2.21. The predicted octanol–water partition coefficient (Wildman–Crippen LogP) is 15.6. The highest BCUT2D eigenvalue weighted by Crippen LogP contribution is 2.45. The largest absolute Gasteiger partial charge is 0.456 e. The number of benzene rings is 9. The van der Waals surface area contributed by atoms with E-state index in [0.717, 1.165) is 72.1 Å². The Morgan fingerprint density at radius 2 is 0.649 bits per heavy atom. The van der Waals surface area contributed by atoms with Crippen molar-refractivity contribution < 1.29 is 8.83 Å². The van der Waals surface area contributed by atoms with Gasteiger partial charge in [-0.15, -0.1) is 0 Å². The Bertz CT molecular complexity index is 3180. The van der Waals surface area contributed by atoms with Crippen LogP contribution in [-0.2, 0) is 0 Å². The standard InChI is InChI=1S/C54H35NO2/c1-3-11-36(12-4-1)38-19-21-39(22-20-38)41-25-31-44(32-26-41)55(43-29-23-40(24-30-43)37-13-5-2-6-14-37)45-33-27-42(28-34-45)48-35-51-52(46-15-7-9-17-49(46)56-51)53-47-16-8-10-18-50(47)57-54(48)53/h1-35H. The summed E-state index contributed by atoms with van der Waals surface area (Å²) in [4.78, 5) is 2.32. The summed E-state index contributed by atoms with van der Waals surface area (Å²) in [6.45, 7) is 0. The molecule has 0 aliphatic rings. The molecule has 11 aromatic rings. The second-order valence-corrected chi connectivity index (χ2v) is 14.5. The fraction of sp³-hybridized carbons (Fsp3) is 0. The van der Waals surface area contributed by atoms with Crippen LogP contribution in [0.4, 0.5) is 17.1 Å². The van der Waals surface area contributed by atoms with Crippen molar-refractivity contribution in [3.8, 4) is 44.5 Å². The third-order valence-electron chi connectivity index (χ3n) is 11.1. The molecular weight excluding hydrogens is 695 g/mol. The van der Waals surface area contributed by atoms with Crippen LogP contribution in [0, 0.1) is 0 Å². The molecule has 57 heavy (non-hydrogen) atoms. The molecule has 0 fully saturated rings. The number of hydrogen-bond acceptors (Lipinski definition) is 3. The van der Waals surface area contributed by atoms with Gasteiger partial charge in [-0.3, -0.25) is 0 Å². The minimum atomic E-state index is 0.851. The zero-order valence-electron chi connectivity index (χ0n) is 31.0. The van der Waals surface area contributed by atoms with E-state index < -0.39 is 0 Å². The fourth-order valence-electron chi connectivity index (χ4n) is 8.28. The molecule has 0 saturated carbocycles. The quantitative estimate of drug-likeness (QED) is 0.164. The number of furan rings is 2. The maximum Gasteiger partial charge on any atom is 0.144 e. The van der Waals surface area contributed by atoms with Crippen molar-refractivity contribution in [1.29, 1.82) is 0 Å². The van der Waals surface area contributed by atoms with Crippen molar-refractivity contribution in [1.82, 2.24) is 0 Å². The van der Waals surface area contributed by atoms with E-state index in [0.29, 0.717) is 0 Å². The predicted molar refractivity (Wildman–Crippen MR) is 237 cm³/mol. The molecular formula is C54H35NO2. The van der Waals surface area contributed by atoms with Crippen LogP contribution in [-0.4, -0.2) is 0 Å². The first kappa shape index (κ1) is 32.8. The van der Waals surface area contributed by atoms with Crippen LogP contribution >= 0.6 is 0 Å². The SMILES string of the molecule is c1ccc(-c2ccc(-c3ccc(N(c4ccc(-c5ccccc5)cc4)c4ccc(-c5cc6oc7ccccc7c6c6c5oc5ccccc56)cc4)cc3)cc2)cc1. The summed E-state index contributed by atoms with van der Waals surface area (Å²) in [5.41, 5.74) is 15.9. The highest BCUT2D eigenvalue weighted by atomic mass is 16.3. The van der Waals surface area contributed by atoms with Gasteiger partial charge in [0.05, 0.1) is 0 Å². The second-order valence-electron chi connectivity index (χ2n) is 14.5. The summed E-state index contributed by atoms with van der Waals surface area (Å²) in [6.07, 6.45) is 0. The summed E-state index contributed by atoms with van der Waals surface area (Å²) < 4.78 is 13.1. The molecule has 0 radical (unpaired) electrons.